The molecular weight excluding hydrogens is 302 g/mol. The molecule has 2 heterocycles. The first-order valence-electron chi connectivity index (χ1n) is 7.92. The van der Waals surface area contributed by atoms with Gasteiger partial charge in [0, 0.05) is 30.1 Å². The van der Waals surface area contributed by atoms with Gasteiger partial charge in [-0.2, -0.15) is 0 Å². The van der Waals surface area contributed by atoms with E-state index in [1.54, 1.807) is 11.3 Å². The van der Waals surface area contributed by atoms with Crippen LogP contribution in [0.3, 0.4) is 0 Å². The molecule has 3 rings (SSSR count). The summed E-state index contributed by atoms with van der Waals surface area (Å²) in [6, 6.07) is 10.5. The fourth-order valence-electron chi connectivity index (χ4n) is 2.54. The van der Waals surface area contributed by atoms with Crippen molar-refractivity contribution in [2.24, 2.45) is 0 Å². The molecule has 2 aromatic heterocycles. The second kappa shape index (κ2) is 6.92. The van der Waals surface area contributed by atoms with Crippen LogP contribution < -0.4 is 5.32 Å². The van der Waals surface area contributed by atoms with E-state index in [0.29, 0.717) is 0 Å². The van der Waals surface area contributed by atoms with E-state index in [9.17, 15) is 0 Å². The first-order valence-corrected chi connectivity index (χ1v) is 8.74. The molecule has 0 spiro atoms. The second-order valence-electron chi connectivity index (χ2n) is 5.60. The Morgan fingerprint density at radius 2 is 1.87 bits per heavy atom. The molecule has 0 aliphatic heterocycles. The Kier molecular flexibility index (Phi) is 4.72. The zero-order valence-electron chi connectivity index (χ0n) is 13.8. The van der Waals surface area contributed by atoms with E-state index in [1.165, 1.54) is 16.7 Å². The van der Waals surface area contributed by atoms with E-state index in [4.69, 9.17) is 0 Å². The quantitative estimate of drug-likeness (QED) is 0.691. The third kappa shape index (κ3) is 3.27. The van der Waals surface area contributed by atoms with Gasteiger partial charge < -0.3 is 5.32 Å². The van der Waals surface area contributed by atoms with Crippen molar-refractivity contribution in [2.45, 2.75) is 27.2 Å². The van der Waals surface area contributed by atoms with Crippen LogP contribution >= 0.6 is 11.3 Å². The summed E-state index contributed by atoms with van der Waals surface area (Å²) in [5, 5.41) is 4.32. The molecule has 3 aromatic rings. The highest BCUT2D eigenvalue weighted by Crippen LogP contribution is 2.36. The van der Waals surface area contributed by atoms with Gasteiger partial charge in [0.05, 0.1) is 10.6 Å². The Morgan fingerprint density at radius 3 is 2.70 bits per heavy atom. The summed E-state index contributed by atoms with van der Waals surface area (Å²) in [6.45, 7) is 7.40. The van der Waals surface area contributed by atoms with Gasteiger partial charge >= 0.3 is 0 Å². The number of benzene rings is 1. The van der Waals surface area contributed by atoms with Crippen molar-refractivity contribution in [3.8, 4) is 21.7 Å². The number of pyridine rings is 1. The van der Waals surface area contributed by atoms with Crippen LogP contribution in [0.1, 0.15) is 24.5 Å². The lowest BCUT2D eigenvalue weighted by atomic mass is 9.97. The molecular formula is C19H21N3S. The Labute approximate surface area is 141 Å². The lowest BCUT2D eigenvalue weighted by molar-refractivity contribution is 0.976. The van der Waals surface area contributed by atoms with Crippen molar-refractivity contribution < 1.29 is 0 Å². The predicted octanol–water partition coefficient (Wildman–Crippen LogP) is 5.31. The van der Waals surface area contributed by atoms with Gasteiger partial charge in [0.15, 0.2) is 5.13 Å². The summed E-state index contributed by atoms with van der Waals surface area (Å²) in [5.41, 5.74) is 5.93. The van der Waals surface area contributed by atoms with Gasteiger partial charge in [0.1, 0.15) is 0 Å². The molecule has 118 valence electrons. The highest BCUT2D eigenvalue weighted by atomic mass is 32.1. The Morgan fingerprint density at radius 1 is 1.04 bits per heavy atom. The van der Waals surface area contributed by atoms with Crippen molar-refractivity contribution in [1.29, 1.82) is 0 Å². The lowest BCUT2D eigenvalue weighted by Crippen LogP contribution is -1.97. The minimum absolute atomic E-state index is 0.948. The minimum atomic E-state index is 0.948. The molecule has 0 bridgehead atoms. The van der Waals surface area contributed by atoms with Gasteiger partial charge in [-0.25, -0.2) is 4.98 Å². The summed E-state index contributed by atoms with van der Waals surface area (Å²) >= 11 is 1.68. The van der Waals surface area contributed by atoms with Gasteiger partial charge in [-0.3, -0.25) is 4.98 Å². The van der Waals surface area contributed by atoms with Gasteiger partial charge in [-0.1, -0.05) is 36.5 Å². The Hall–Kier alpha value is -2.20. The zero-order chi connectivity index (χ0) is 16.2. The van der Waals surface area contributed by atoms with E-state index in [2.05, 4.69) is 60.3 Å². The SMILES string of the molecule is CCCNc1ncc(-c2cccnc2-c2cccc(C)c2C)s1. The van der Waals surface area contributed by atoms with Crippen molar-refractivity contribution in [1.82, 2.24) is 9.97 Å². The summed E-state index contributed by atoms with van der Waals surface area (Å²) in [5.74, 6) is 0. The maximum Gasteiger partial charge on any atom is 0.183 e. The van der Waals surface area contributed by atoms with Crippen LogP contribution in [0.15, 0.2) is 42.7 Å². The maximum absolute atomic E-state index is 4.66. The maximum atomic E-state index is 4.66. The molecule has 0 amide bonds. The fraction of sp³-hybridized carbons (Fsp3) is 0.263. The molecule has 0 atom stereocenters. The lowest BCUT2D eigenvalue weighted by Gasteiger charge is -2.11. The molecule has 0 saturated heterocycles. The largest absolute Gasteiger partial charge is 0.362 e. The van der Waals surface area contributed by atoms with Crippen LogP contribution in [-0.2, 0) is 0 Å². The fourth-order valence-corrected chi connectivity index (χ4v) is 3.41. The molecule has 1 aromatic carbocycles. The van der Waals surface area contributed by atoms with Gasteiger partial charge in [-0.05, 0) is 43.5 Å². The molecule has 0 unspecified atom stereocenters. The monoisotopic (exact) mass is 323 g/mol. The topological polar surface area (TPSA) is 37.8 Å². The summed E-state index contributed by atoms with van der Waals surface area (Å²) in [6.07, 6.45) is 4.89. The molecule has 0 aliphatic rings. The van der Waals surface area contributed by atoms with Gasteiger partial charge in [0.2, 0.25) is 0 Å². The summed E-state index contributed by atoms with van der Waals surface area (Å²) in [7, 11) is 0. The number of rotatable bonds is 5. The van der Waals surface area contributed by atoms with Crippen molar-refractivity contribution in [2.75, 3.05) is 11.9 Å². The number of aryl methyl sites for hydroxylation is 1. The van der Waals surface area contributed by atoms with Crippen LogP contribution in [0.5, 0.6) is 0 Å². The van der Waals surface area contributed by atoms with Gasteiger partial charge in [-0.15, -0.1) is 0 Å². The number of nitrogens with one attached hydrogen (secondary N) is 1. The molecule has 0 radical (unpaired) electrons. The average molecular weight is 323 g/mol. The number of anilines is 1. The number of hydrogen-bond donors (Lipinski definition) is 1. The highest BCUT2D eigenvalue weighted by Gasteiger charge is 2.13. The normalized spacial score (nSPS) is 10.7. The smallest absolute Gasteiger partial charge is 0.183 e. The second-order valence-corrected chi connectivity index (χ2v) is 6.63. The summed E-state index contributed by atoms with van der Waals surface area (Å²) in [4.78, 5) is 10.3. The molecule has 4 heteroatoms. The van der Waals surface area contributed by atoms with Crippen LogP contribution in [0, 0.1) is 13.8 Å². The third-order valence-corrected chi connectivity index (χ3v) is 4.95. The van der Waals surface area contributed by atoms with Crippen molar-refractivity contribution >= 4 is 16.5 Å². The first kappa shape index (κ1) is 15.7. The third-order valence-electron chi connectivity index (χ3n) is 3.96. The number of nitrogens with zero attached hydrogens (tertiary/aromatic N) is 2. The summed E-state index contributed by atoms with van der Waals surface area (Å²) < 4.78 is 0. The number of hydrogen-bond acceptors (Lipinski definition) is 4. The van der Waals surface area contributed by atoms with E-state index in [0.717, 1.165) is 34.2 Å². The molecule has 23 heavy (non-hydrogen) atoms. The van der Waals surface area contributed by atoms with Crippen LogP contribution in [0.4, 0.5) is 5.13 Å². The standard InChI is InChI=1S/C19H21N3S/c1-4-10-21-19-22-12-17(23-19)16-9-6-11-20-18(16)15-8-5-7-13(2)14(15)3/h5-9,11-12H,4,10H2,1-3H3,(H,21,22). The molecule has 0 saturated carbocycles. The molecule has 0 fully saturated rings. The molecule has 3 nitrogen and oxygen atoms in total. The van der Waals surface area contributed by atoms with Crippen LogP contribution in [0.2, 0.25) is 0 Å². The number of thiazole rings is 1. The van der Waals surface area contributed by atoms with Crippen molar-refractivity contribution in [3.05, 3.63) is 53.9 Å². The number of aromatic nitrogens is 2. The van der Waals surface area contributed by atoms with Crippen LogP contribution in [0.25, 0.3) is 21.7 Å². The van der Waals surface area contributed by atoms with Crippen molar-refractivity contribution in [3.63, 3.8) is 0 Å². The Bertz CT molecular complexity index is 808. The van der Waals surface area contributed by atoms with Crippen LogP contribution in [-0.4, -0.2) is 16.5 Å². The van der Waals surface area contributed by atoms with E-state index >= 15 is 0 Å². The molecule has 0 aliphatic carbocycles. The molecule has 1 N–H and O–H groups in total. The Balaban J connectivity index is 2.04. The zero-order valence-corrected chi connectivity index (χ0v) is 14.6. The van der Waals surface area contributed by atoms with Gasteiger partial charge in [0.25, 0.3) is 0 Å². The predicted molar refractivity (Wildman–Crippen MR) is 99.0 cm³/mol. The first-order chi connectivity index (χ1) is 11.2. The van der Waals surface area contributed by atoms with E-state index < -0.39 is 0 Å². The van der Waals surface area contributed by atoms with E-state index in [1.807, 2.05) is 18.5 Å². The highest BCUT2D eigenvalue weighted by molar-refractivity contribution is 7.18. The van der Waals surface area contributed by atoms with E-state index in [-0.39, 0.29) is 0 Å². The average Bonchev–Trinajstić information content (AvgIpc) is 3.04. The minimum Gasteiger partial charge on any atom is -0.362 e.